The summed E-state index contributed by atoms with van der Waals surface area (Å²) >= 11 is 5.84. The molecule has 1 aromatic heterocycles. The van der Waals surface area contributed by atoms with Gasteiger partial charge in [0.2, 0.25) is 5.95 Å². The molecule has 1 aromatic carbocycles. The molecule has 20 heavy (non-hydrogen) atoms. The molecule has 0 unspecified atom stereocenters. The number of methoxy groups -OCH3 is 1. The standard InChI is InChI=1S/C14H17ClN4O/c1-20-10-2-8-16-13-7-9-17-14(19-13)18-12-5-3-11(15)4-6-12/h3-7,9H,2,8,10H2,1H3,(H2,16,17,18,19). The van der Waals surface area contributed by atoms with Crippen LogP contribution >= 0.6 is 11.6 Å². The Morgan fingerprint density at radius 1 is 1.20 bits per heavy atom. The number of hydrogen-bond donors (Lipinski definition) is 2. The highest BCUT2D eigenvalue weighted by Crippen LogP contribution is 2.17. The van der Waals surface area contributed by atoms with Gasteiger partial charge in [0.05, 0.1) is 0 Å². The predicted octanol–water partition coefficient (Wildman–Crippen LogP) is 3.32. The van der Waals surface area contributed by atoms with Gasteiger partial charge in [0.15, 0.2) is 0 Å². The minimum absolute atomic E-state index is 0.545. The van der Waals surface area contributed by atoms with E-state index in [4.69, 9.17) is 16.3 Å². The van der Waals surface area contributed by atoms with Crippen LogP contribution in [0.15, 0.2) is 36.5 Å². The molecule has 106 valence electrons. The van der Waals surface area contributed by atoms with Crippen LogP contribution in [-0.2, 0) is 4.74 Å². The molecule has 0 radical (unpaired) electrons. The summed E-state index contributed by atoms with van der Waals surface area (Å²) in [4.78, 5) is 8.56. The van der Waals surface area contributed by atoms with Gasteiger partial charge in [-0.2, -0.15) is 4.98 Å². The van der Waals surface area contributed by atoms with E-state index in [1.165, 1.54) is 0 Å². The number of anilines is 3. The molecule has 0 amide bonds. The van der Waals surface area contributed by atoms with Crippen molar-refractivity contribution in [3.05, 3.63) is 41.6 Å². The van der Waals surface area contributed by atoms with Gasteiger partial charge in [0.25, 0.3) is 0 Å². The van der Waals surface area contributed by atoms with Crippen LogP contribution in [0.5, 0.6) is 0 Å². The van der Waals surface area contributed by atoms with E-state index in [2.05, 4.69) is 20.6 Å². The average Bonchev–Trinajstić information content (AvgIpc) is 2.47. The van der Waals surface area contributed by atoms with E-state index < -0.39 is 0 Å². The van der Waals surface area contributed by atoms with Crippen molar-refractivity contribution >= 4 is 29.1 Å². The molecule has 5 nitrogen and oxygen atoms in total. The number of nitrogens with one attached hydrogen (secondary N) is 2. The predicted molar refractivity (Wildman–Crippen MR) is 81.7 cm³/mol. The van der Waals surface area contributed by atoms with Crippen molar-refractivity contribution in [1.29, 1.82) is 0 Å². The van der Waals surface area contributed by atoms with Crippen molar-refractivity contribution in [2.45, 2.75) is 6.42 Å². The molecule has 6 heteroatoms. The normalized spacial score (nSPS) is 10.3. The Hall–Kier alpha value is -1.85. The average molecular weight is 293 g/mol. The molecule has 2 rings (SSSR count). The fraction of sp³-hybridized carbons (Fsp3) is 0.286. The van der Waals surface area contributed by atoms with Crippen LogP contribution in [0.4, 0.5) is 17.5 Å². The maximum atomic E-state index is 5.84. The third-order valence-corrected chi connectivity index (χ3v) is 2.84. The molecule has 0 saturated carbocycles. The molecule has 0 bridgehead atoms. The molecule has 0 spiro atoms. The van der Waals surface area contributed by atoms with Crippen LogP contribution in [0.1, 0.15) is 6.42 Å². The minimum atomic E-state index is 0.545. The first-order valence-corrected chi connectivity index (χ1v) is 6.74. The molecule has 2 aromatic rings. The Labute approximate surface area is 123 Å². The maximum absolute atomic E-state index is 5.84. The highest BCUT2D eigenvalue weighted by Gasteiger charge is 2.00. The molecule has 1 heterocycles. The first-order chi connectivity index (χ1) is 9.78. The second kappa shape index (κ2) is 7.67. The van der Waals surface area contributed by atoms with Gasteiger partial charge < -0.3 is 15.4 Å². The second-order valence-corrected chi connectivity index (χ2v) is 4.61. The van der Waals surface area contributed by atoms with Crippen LogP contribution in [-0.4, -0.2) is 30.2 Å². The van der Waals surface area contributed by atoms with Gasteiger partial charge in [0, 0.05) is 37.2 Å². The van der Waals surface area contributed by atoms with E-state index in [1.54, 1.807) is 13.3 Å². The first kappa shape index (κ1) is 14.6. The van der Waals surface area contributed by atoms with E-state index in [-0.39, 0.29) is 0 Å². The van der Waals surface area contributed by atoms with E-state index in [0.717, 1.165) is 31.1 Å². The third-order valence-electron chi connectivity index (χ3n) is 2.59. The number of benzene rings is 1. The summed E-state index contributed by atoms with van der Waals surface area (Å²) in [7, 11) is 1.69. The lowest BCUT2D eigenvalue weighted by Crippen LogP contribution is -2.07. The third kappa shape index (κ3) is 4.68. The zero-order chi connectivity index (χ0) is 14.2. The van der Waals surface area contributed by atoms with Crippen molar-refractivity contribution in [3.8, 4) is 0 Å². The fourth-order valence-corrected chi connectivity index (χ4v) is 1.74. The Balaban J connectivity index is 1.93. The number of ether oxygens (including phenoxy) is 1. The van der Waals surface area contributed by atoms with Crippen LogP contribution in [0, 0.1) is 0 Å². The topological polar surface area (TPSA) is 59.1 Å². The Kier molecular flexibility index (Phi) is 5.58. The summed E-state index contributed by atoms with van der Waals surface area (Å²) in [6, 6.07) is 9.22. The van der Waals surface area contributed by atoms with Gasteiger partial charge in [-0.15, -0.1) is 0 Å². The summed E-state index contributed by atoms with van der Waals surface area (Å²) in [6.45, 7) is 1.54. The van der Waals surface area contributed by atoms with Crippen LogP contribution in [0.3, 0.4) is 0 Å². The zero-order valence-electron chi connectivity index (χ0n) is 11.3. The van der Waals surface area contributed by atoms with Gasteiger partial charge in [0.1, 0.15) is 5.82 Å². The number of nitrogens with zero attached hydrogens (tertiary/aromatic N) is 2. The van der Waals surface area contributed by atoms with Crippen LogP contribution < -0.4 is 10.6 Å². The number of hydrogen-bond acceptors (Lipinski definition) is 5. The summed E-state index contributed by atoms with van der Waals surface area (Å²) in [6.07, 6.45) is 2.64. The Morgan fingerprint density at radius 2 is 2.00 bits per heavy atom. The summed E-state index contributed by atoms with van der Waals surface area (Å²) in [5, 5.41) is 7.05. The highest BCUT2D eigenvalue weighted by atomic mass is 35.5. The molecule has 0 aliphatic carbocycles. The van der Waals surface area contributed by atoms with Crippen LogP contribution in [0.2, 0.25) is 5.02 Å². The maximum Gasteiger partial charge on any atom is 0.229 e. The van der Waals surface area contributed by atoms with E-state index in [9.17, 15) is 0 Å². The quantitative estimate of drug-likeness (QED) is 0.767. The molecule has 2 N–H and O–H groups in total. The molecule has 0 aliphatic heterocycles. The van der Waals surface area contributed by atoms with Crippen molar-refractivity contribution < 1.29 is 4.74 Å². The van der Waals surface area contributed by atoms with Gasteiger partial charge >= 0.3 is 0 Å². The largest absolute Gasteiger partial charge is 0.385 e. The fourth-order valence-electron chi connectivity index (χ4n) is 1.61. The molecular weight excluding hydrogens is 276 g/mol. The van der Waals surface area contributed by atoms with Gasteiger partial charge in [-0.25, -0.2) is 4.98 Å². The van der Waals surface area contributed by atoms with Crippen molar-refractivity contribution in [2.24, 2.45) is 0 Å². The molecule has 0 aliphatic rings. The SMILES string of the molecule is COCCCNc1ccnc(Nc2ccc(Cl)cc2)n1. The first-order valence-electron chi connectivity index (χ1n) is 6.36. The van der Waals surface area contributed by atoms with Crippen LogP contribution in [0.25, 0.3) is 0 Å². The molecule has 0 fully saturated rings. The lowest BCUT2D eigenvalue weighted by atomic mass is 10.3. The van der Waals surface area contributed by atoms with Crippen molar-refractivity contribution in [3.63, 3.8) is 0 Å². The Morgan fingerprint density at radius 3 is 2.75 bits per heavy atom. The molecule has 0 atom stereocenters. The van der Waals surface area contributed by atoms with Gasteiger partial charge in [-0.05, 0) is 36.8 Å². The monoisotopic (exact) mass is 292 g/mol. The zero-order valence-corrected chi connectivity index (χ0v) is 12.0. The lowest BCUT2D eigenvalue weighted by Gasteiger charge is -2.08. The molecule has 0 saturated heterocycles. The smallest absolute Gasteiger partial charge is 0.229 e. The molecular formula is C14H17ClN4O. The summed E-state index contributed by atoms with van der Waals surface area (Å²) < 4.78 is 5.00. The number of halogens is 1. The second-order valence-electron chi connectivity index (χ2n) is 4.17. The van der Waals surface area contributed by atoms with Crippen molar-refractivity contribution in [1.82, 2.24) is 9.97 Å². The van der Waals surface area contributed by atoms with Gasteiger partial charge in [-0.3, -0.25) is 0 Å². The van der Waals surface area contributed by atoms with Crippen molar-refractivity contribution in [2.75, 3.05) is 30.9 Å². The lowest BCUT2D eigenvalue weighted by molar-refractivity contribution is 0.198. The van der Waals surface area contributed by atoms with Gasteiger partial charge in [-0.1, -0.05) is 11.6 Å². The summed E-state index contributed by atoms with van der Waals surface area (Å²) in [5.74, 6) is 1.33. The summed E-state index contributed by atoms with van der Waals surface area (Å²) in [5.41, 5.74) is 0.894. The highest BCUT2D eigenvalue weighted by molar-refractivity contribution is 6.30. The number of aromatic nitrogens is 2. The van der Waals surface area contributed by atoms with E-state index in [0.29, 0.717) is 11.0 Å². The Bertz CT molecular complexity index is 533. The van der Waals surface area contributed by atoms with E-state index in [1.807, 2.05) is 30.3 Å². The number of rotatable bonds is 7. The van der Waals surface area contributed by atoms with E-state index >= 15 is 0 Å². The minimum Gasteiger partial charge on any atom is -0.385 e.